The second kappa shape index (κ2) is 30.6. The van der Waals surface area contributed by atoms with Gasteiger partial charge in [-0.3, -0.25) is 0 Å². The molecule has 0 amide bonds. The van der Waals surface area contributed by atoms with Gasteiger partial charge in [-0.1, -0.05) is 95.5 Å². The largest absolute Gasteiger partial charge is 0.310 e. The van der Waals surface area contributed by atoms with Crippen molar-refractivity contribution in [3.05, 3.63) is 0 Å². The van der Waals surface area contributed by atoms with Crippen molar-refractivity contribution in [2.75, 3.05) is 0 Å². The van der Waals surface area contributed by atoms with Crippen LogP contribution < -0.4 is 0 Å². The van der Waals surface area contributed by atoms with E-state index in [1.54, 1.807) is 0 Å². The Bertz CT molecular complexity index is 104. The maximum absolute atomic E-state index is 8.17. The highest BCUT2D eigenvalue weighted by Gasteiger charge is 1.91. The van der Waals surface area contributed by atoms with E-state index in [0.29, 0.717) is 0 Å². The van der Waals surface area contributed by atoms with E-state index in [4.69, 9.17) is 4.57 Å². The Labute approximate surface area is 129 Å². The molecule has 1 atom stereocenters. The van der Waals surface area contributed by atoms with Gasteiger partial charge in [0.05, 0.1) is 0 Å². The van der Waals surface area contributed by atoms with Crippen molar-refractivity contribution in [1.29, 1.82) is 0 Å². The predicted molar refractivity (Wildman–Crippen MR) is 91.6 cm³/mol. The van der Waals surface area contributed by atoms with Crippen LogP contribution in [0.15, 0.2) is 0 Å². The second-order valence-corrected chi connectivity index (χ2v) is 4.54. The first-order valence-corrected chi connectivity index (χ1v) is 7.62. The van der Waals surface area contributed by atoms with Gasteiger partial charge in [0.1, 0.15) is 0 Å². The highest BCUT2D eigenvalue weighted by molar-refractivity contribution is 7.00. The summed E-state index contributed by atoms with van der Waals surface area (Å²) >= 11 is 0. The molecule has 0 spiro atoms. The summed E-state index contributed by atoms with van der Waals surface area (Å²) in [4.78, 5) is 0. The molecule has 0 aliphatic rings. The van der Waals surface area contributed by atoms with Crippen molar-refractivity contribution < 1.29 is 4.57 Å². The number of hydrogen-bond donors (Lipinski definition) is 0. The van der Waals surface area contributed by atoms with Crippen LogP contribution in [0.5, 0.6) is 0 Å². The molecule has 0 N–H and O–H groups in total. The third-order valence-electron chi connectivity index (χ3n) is 2.96. The smallest absolute Gasteiger partial charge is 0.147 e. The molecular formula is C14H34Cl2OP+. The minimum absolute atomic E-state index is 0. The van der Waals surface area contributed by atoms with Gasteiger partial charge >= 0.3 is 9.12 Å². The van der Waals surface area contributed by atoms with Gasteiger partial charge in [-0.25, -0.2) is 0 Å². The van der Waals surface area contributed by atoms with Crippen LogP contribution in [-0.2, 0) is 4.57 Å². The van der Waals surface area contributed by atoms with Gasteiger partial charge in [0.15, 0.2) is 0 Å². The molecule has 0 bridgehead atoms. The van der Waals surface area contributed by atoms with E-state index in [9.17, 15) is 0 Å². The summed E-state index contributed by atoms with van der Waals surface area (Å²) < 4.78 is 8.17. The molecule has 0 aromatic carbocycles. The predicted octanol–water partition coefficient (Wildman–Crippen LogP) is 6.76. The van der Waals surface area contributed by atoms with Crippen molar-refractivity contribution in [1.82, 2.24) is 0 Å². The zero-order chi connectivity index (χ0) is 12.5. The van der Waals surface area contributed by atoms with E-state index >= 15 is 0 Å². The van der Waals surface area contributed by atoms with Gasteiger partial charge in [-0.05, 0) is 0 Å². The molecule has 0 aliphatic carbocycles. The van der Waals surface area contributed by atoms with Crippen molar-refractivity contribution in [3.63, 3.8) is 0 Å². The first-order chi connectivity index (χ1) is 7.91. The number of unbranched alkanes of at least 4 members (excludes halogenated alkanes) is 11. The highest BCUT2D eigenvalue weighted by Crippen LogP contribution is 2.11. The van der Waals surface area contributed by atoms with Gasteiger partial charge in [-0.15, -0.1) is 24.8 Å². The molecule has 114 valence electrons. The molecule has 0 saturated heterocycles. The molecule has 1 unspecified atom stereocenters. The van der Waals surface area contributed by atoms with Crippen molar-refractivity contribution in [2.24, 2.45) is 0 Å². The lowest BCUT2D eigenvalue weighted by atomic mass is 10.1. The lowest BCUT2D eigenvalue weighted by molar-refractivity contribution is 0.548. The normalized spacial score (nSPS) is 8.56. The molecule has 0 aromatic rings. The topological polar surface area (TPSA) is 17.1 Å². The zero-order valence-corrected chi connectivity index (χ0v) is 15.1. The van der Waals surface area contributed by atoms with Crippen molar-refractivity contribution >= 4 is 33.9 Å². The fourth-order valence-corrected chi connectivity index (χ4v) is 1.91. The third-order valence-corrected chi connectivity index (χ3v) is 2.96. The minimum Gasteiger partial charge on any atom is -0.147 e. The summed E-state index contributed by atoms with van der Waals surface area (Å²) in [6.45, 7) is 4.57. The van der Waals surface area contributed by atoms with E-state index in [0.717, 1.165) is 0 Å². The minimum atomic E-state index is 0. The van der Waals surface area contributed by atoms with Crippen LogP contribution >= 0.6 is 33.9 Å². The summed E-state index contributed by atoms with van der Waals surface area (Å²) in [7, 11) is 1.17. The summed E-state index contributed by atoms with van der Waals surface area (Å²) in [5, 5.41) is 0. The molecule has 0 heterocycles. The molecule has 0 fully saturated rings. The maximum atomic E-state index is 8.17. The van der Waals surface area contributed by atoms with Gasteiger partial charge in [0.25, 0.3) is 0 Å². The van der Waals surface area contributed by atoms with E-state index in [1.165, 1.54) is 86.2 Å². The second-order valence-electron chi connectivity index (χ2n) is 4.54. The molecule has 0 aliphatic heterocycles. The van der Waals surface area contributed by atoms with E-state index in [2.05, 4.69) is 13.8 Å². The summed E-state index contributed by atoms with van der Waals surface area (Å²) in [5.74, 6) is 0. The number of rotatable bonds is 11. The molecule has 18 heavy (non-hydrogen) atoms. The van der Waals surface area contributed by atoms with Crippen LogP contribution in [0.2, 0.25) is 0 Å². The Morgan fingerprint density at radius 1 is 0.500 bits per heavy atom. The number of hydrogen-bond acceptors (Lipinski definition) is 1. The standard InChI is InChI=1S/C14H30.2ClH.H2OP/c1-3-5-7-9-11-13-14-12-10-8-6-4-2;;;1-2/h3-14H2,1-2H3;2*1H;2H2/q;;;+1. The van der Waals surface area contributed by atoms with E-state index < -0.39 is 0 Å². The maximum Gasteiger partial charge on any atom is 0.310 e. The Hall–Kier alpha value is 0.680. The summed E-state index contributed by atoms with van der Waals surface area (Å²) in [6.07, 6.45) is 17.4. The molecule has 4 heteroatoms. The van der Waals surface area contributed by atoms with Crippen molar-refractivity contribution in [3.8, 4) is 0 Å². The Kier molecular flexibility index (Phi) is 46.1. The first-order valence-electron chi connectivity index (χ1n) is 7.15. The van der Waals surface area contributed by atoms with Gasteiger partial charge in [-0.2, -0.15) is 0 Å². The van der Waals surface area contributed by atoms with E-state index in [-0.39, 0.29) is 24.8 Å². The van der Waals surface area contributed by atoms with Crippen LogP contribution in [-0.4, -0.2) is 0 Å². The molecule has 0 rings (SSSR count). The monoisotopic (exact) mass is 319 g/mol. The molecule has 1 nitrogen and oxygen atoms in total. The van der Waals surface area contributed by atoms with Crippen LogP contribution in [0, 0.1) is 0 Å². The van der Waals surface area contributed by atoms with Crippen LogP contribution in [0.25, 0.3) is 0 Å². The molecular weight excluding hydrogens is 286 g/mol. The molecule has 0 radical (unpaired) electrons. The van der Waals surface area contributed by atoms with Crippen molar-refractivity contribution in [2.45, 2.75) is 90.9 Å². The highest BCUT2D eigenvalue weighted by atomic mass is 35.5. The lowest BCUT2D eigenvalue weighted by Crippen LogP contribution is -1.81. The Balaban J connectivity index is -0.000000232. The molecule has 0 aromatic heterocycles. The molecule has 0 saturated carbocycles. The van der Waals surface area contributed by atoms with Crippen LogP contribution in [0.4, 0.5) is 0 Å². The summed E-state index contributed by atoms with van der Waals surface area (Å²) in [5.41, 5.74) is 0. The first kappa shape index (κ1) is 27.1. The SMILES string of the molecule is CCCCCCCCCCCCCC.Cl.Cl.O=[PH2+]. The third kappa shape index (κ3) is 30.1. The van der Waals surface area contributed by atoms with Crippen LogP contribution in [0.1, 0.15) is 90.9 Å². The Morgan fingerprint density at radius 3 is 0.833 bits per heavy atom. The summed E-state index contributed by atoms with van der Waals surface area (Å²) in [6, 6.07) is 0. The average molecular weight is 320 g/mol. The van der Waals surface area contributed by atoms with Gasteiger partial charge < -0.3 is 0 Å². The van der Waals surface area contributed by atoms with Gasteiger partial charge in [0, 0.05) is 0 Å². The van der Waals surface area contributed by atoms with E-state index in [1.807, 2.05) is 0 Å². The zero-order valence-electron chi connectivity index (χ0n) is 12.3. The van der Waals surface area contributed by atoms with Crippen LogP contribution in [0.3, 0.4) is 0 Å². The lowest BCUT2D eigenvalue weighted by Gasteiger charge is -2.01. The fraction of sp³-hybridized carbons (Fsp3) is 1.00. The van der Waals surface area contributed by atoms with Gasteiger partial charge in [0.2, 0.25) is 0 Å². The quantitative estimate of drug-likeness (QED) is 0.304. The Morgan fingerprint density at radius 2 is 0.667 bits per heavy atom. The fourth-order valence-electron chi connectivity index (χ4n) is 1.91. The number of halogens is 2. The average Bonchev–Trinajstić information content (AvgIpc) is 2.34.